The van der Waals surface area contributed by atoms with E-state index in [1.54, 1.807) is 13.0 Å². The Morgan fingerprint density at radius 1 is 1.06 bits per heavy atom. The highest BCUT2D eigenvalue weighted by atomic mass is 32.2. The van der Waals surface area contributed by atoms with Crippen LogP contribution in [0.4, 0.5) is 4.39 Å². The molecular formula is C21H26FN3O5S2. The topological polar surface area (TPSA) is 118 Å². The molecular weight excluding hydrogens is 457 g/mol. The second-order valence-electron chi connectivity index (χ2n) is 7.82. The Labute approximate surface area is 187 Å². The highest BCUT2D eigenvalue weighted by Crippen LogP contribution is 2.27. The number of hydrogen-bond acceptors (Lipinski definition) is 5. The fourth-order valence-corrected chi connectivity index (χ4v) is 5.81. The van der Waals surface area contributed by atoms with Gasteiger partial charge < -0.3 is 4.90 Å². The Kier molecular flexibility index (Phi) is 7.03. The highest BCUT2D eigenvalue weighted by molar-refractivity contribution is 7.89. The molecule has 2 N–H and O–H groups in total. The number of carbonyl (C=O) groups excluding carboxylic acids is 1. The van der Waals surface area contributed by atoms with Crippen LogP contribution in [0, 0.1) is 5.82 Å². The molecule has 11 heteroatoms. The first-order valence-electron chi connectivity index (χ1n) is 10.1. The van der Waals surface area contributed by atoms with E-state index in [0.717, 1.165) is 18.6 Å². The van der Waals surface area contributed by atoms with Crippen LogP contribution in [0.3, 0.4) is 0 Å². The molecule has 1 amide bonds. The zero-order chi connectivity index (χ0) is 23.7. The molecule has 1 unspecified atom stereocenters. The average molecular weight is 484 g/mol. The summed E-state index contributed by atoms with van der Waals surface area (Å²) in [4.78, 5) is 13.8. The van der Waals surface area contributed by atoms with Crippen molar-refractivity contribution in [3.05, 3.63) is 59.4 Å². The number of nitrogens with two attached hydrogens (primary N) is 1. The van der Waals surface area contributed by atoms with Crippen molar-refractivity contribution in [2.24, 2.45) is 5.14 Å². The summed E-state index contributed by atoms with van der Waals surface area (Å²) < 4.78 is 64.8. The Morgan fingerprint density at radius 3 is 2.34 bits per heavy atom. The van der Waals surface area contributed by atoms with Crippen molar-refractivity contribution >= 4 is 26.0 Å². The molecule has 0 saturated carbocycles. The Balaban J connectivity index is 1.90. The van der Waals surface area contributed by atoms with Gasteiger partial charge in [-0.1, -0.05) is 18.6 Å². The molecule has 1 atom stereocenters. The van der Waals surface area contributed by atoms with E-state index in [4.69, 9.17) is 5.14 Å². The number of sulfonamides is 2. The van der Waals surface area contributed by atoms with Gasteiger partial charge in [-0.2, -0.15) is 4.31 Å². The van der Waals surface area contributed by atoms with E-state index >= 15 is 0 Å². The van der Waals surface area contributed by atoms with Gasteiger partial charge >= 0.3 is 0 Å². The lowest BCUT2D eigenvalue weighted by atomic mass is 10.1. The molecule has 2 aromatic carbocycles. The Bertz CT molecular complexity index is 1230. The second kappa shape index (κ2) is 9.26. The lowest BCUT2D eigenvalue weighted by molar-refractivity contribution is 0.0742. The van der Waals surface area contributed by atoms with Crippen LogP contribution >= 0.6 is 0 Å². The van der Waals surface area contributed by atoms with E-state index in [1.165, 1.54) is 40.5 Å². The van der Waals surface area contributed by atoms with E-state index < -0.39 is 42.7 Å². The Morgan fingerprint density at radius 2 is 1.72 bits per heavy atom. The predicted octanol–water partition coefficient (Wildman–Crippen LogP) is 2.48. The number of hydrogen-bond donors (Lipinski definition) is 1. The standard InChI is InChI=1S/C21H26FN3O5S2/c1-15(16-7-6-8-18(13-16)31(23,27)28)24(2)21(26)17-9-10-19(22)20(14-17)32(29,30)25-11-4-3-5-12-25/h6-10,13-15H,3-5,11-12H2,1-2H3,(H2,23,27,28). The minimum atomic E-state index is -4.06. The number of piperidine rings is 1. The number of benzene rings is 2. The summed E-state index contributed by atoms with van der Waals surface area (Å²) in [5.74, 6) is -1.45. The summed E-state index contributed by atoms with van der Waals surface area (Å²) in [6.45, 7) is 2.32. The normalized spacial score (nSPS) is 16.5. The van der Waals surface area contributed by atoms with Gasteiger partial charge in [0, 0.05) is 25.7 Å². The van der Waals surface area contributed by atoms with Crippen LogP contribution < -0.4 is 5.14 Å². The van der Waals surface area contributed by atoms with Crippen LogP contribution in [-0.2, 0) is 20.0 Å². The van der Waals surface area contributed by atoms with Crippen molar-refractivity contribution in [2.45, 2.75) is 42.0 Å². The largest absolute Gasteiger partial charge is 0.335 e. The minimum absolute atomic E-state index is 0.0129. The van der Waals surface area contributed by atoms with E-state index in [1.807, 2.05) is 0 Å². The van der Waals surface area contributed by atoms with Gasteiger partial charge in [-0.25, -0.2) is 26.4 Å². The average Bonchev–Trinajstić information content (AvgIpc) is 2.78. The zero-order valence-corrected chi connectivity index (χ0v) is 19.5. The summed E-state index contributed by atoms with van der Waals surface area (Å²) in [6.07, 6.45) is 2.33. The van der Waals surface area contributed by atoms with Crippen LogP contribution in [0.25, 0.3) is 0 Å². The fraction of sp³-hybridized carbons (Fsp3) is 0.381. The molecule has 0 radical (unpaired) electrons. The van der Waals surface area contributed by atoms with Gasteiger partial charge in [0.15, 0.2) is 0 Å². The summed E-state index contributed by atoms with van der Waals surface area (Å²) in [6, 6.07) is 8.61. The van der Waals surface area contributed by atoms with Crippen LogP contribution in [0.1, 0.15) is 48.1 Å². The van der Waals surface area contributed by atoms with Gasteiger partial charge in [-0.3, -0.25) is 4.79 Å². The second-order valence-corrected chi connectivity index (χ2v) is 11.3. The summed E-state index contributed by atoms with van der Waals surface area (Å²) in [7, 11) is -6.47. The molecule has 174 valence electrons. The number of halogens is 1. The van der Waals surface area contributed by atoms with Gasteiger partial charge in [0.05, 0.1) is 10.9 Å². The molecule has 32 heavy (non-hydrogen) atoms. The molecule has 3 rings (SSSR count). The van der Waals surface area contributed by atoms with E-state index in [0.29, 0.717) is 31.5 Å². The number of rotatable bonds is 6. The molecule has 0 aromatic heterocycles. The Hall–Kier alpha value is -2.34. The summed E-state index contributed by atoms with van der Waals surface area (Å²) in [5, 5.41) is 5.18. The van der Waals surface area contributed by atoms with Gasteiger partial charge in [0.25, 0.3) is 5.91 Å². The maximum atomic E-state index is 14.5. The maximum Gasteiger partial charge on any atom is 0.254 e. The SMILES string of the molecule is CC(c1cccc(S(N)(=O)=O)c1)N(C)C(=O)c1ccc(F)c(S(=O)(=O)N2CCCCC2)c1. The molecule has 8 nitrogen and oxygen atoms in total. The van der Waals surface area contributed by atoms with E-state index in [2.05, 4.69) is 0 Å². The fourth-order valence-electron chi connectivity index (χ4n) is 3.63. The van der Waals surface area contributed by atoms with Gasteiger partial charge in [-0.15, -0.1) is 0 Å². The first-order chi connectivity index (χ1) is 14.9. The van der Waals surface area contributed by atoms with Crippen molar-refractivity contribution in [3.8, 4) is 0 Å². The van der Waals surface area contributed by atoms with Crippen molar-refractivity contribution < 1.29 is 26.0 Å². The molecule has 0 bridgehead atoms. The van der Waals surface area contributed by atoms with Crippen LogP contribution in [0.5, 0.6) is 0 Å². The third-order valence-electron chi connectivity index (χ3n) is 5.68. The van der Waals surface area contributed by atoms with Crippen molar-refractivity contribution in [1.29, 1.82) is 0 Å². The first-order valence-corrected chi connectivity index (χ1v) is 13.1. The lowest BCUT2D eigenvalue weighted by Crippen LogP contribution is -2.36. The molecule has 1 aliphatic heterocycles. The van der Waals surface area contributed by atoms with E-state index in [-0.39, 0.29) is 10.5 Å². The quantitative estimate of drug-likeness (QED) is 0.677. The summed E-state index contributed by atoms with van der Waals surface area (Å²) >= 11 is 0. The van der Waals surface area contributed by atoms with Gasteiger partial charge in [-0.05, 0) is 55.7 Å². The third kappa shape index (κ3) is 5.01. The molecule has 1 fully saturated rings. The smallest absolute Gasteiger partial charge is 0.254 e. The number of amides is 1. The predicted molar refractivity (Wildman–Crippen MR) is 117 cm³/mol. The monoisotopic (exact) mass is 483 g/mol. The van der Waals surface area contributed by atoms with Crippen molar-refractivity contribution in [1.82, 2.24) is 9.21 Å². The lowest BCUT2D eigenvalue weighted by Gasteiger charge is -2.27. The molecule has 1 aliphatic rings. The van der Waals surface area contributed by atoms with Crippen LogP contribution in [0.2, 0.25) is 0 Å². The van der Waals surface area contributed by atoms with Crippen molar-refractivity contribution in [2.75, 3.05) is 20.1 Å². The van der Waals surface area contributed by atoms with Crippen LogP contribution in [0.15, 0.2) is 52.3 Å². The van der Waals surface area contributed by atoms with Gasteiger partial charge in [0.2, 0.25) is 20.0 Å². The first kappa shape index (κ1) is 24.3. The number of carbonyl (C=O) groups is 1. The third-order valence-corrected chi connectivity index (χ3v) is 8.51. The van der Waals surface area contributed by atoms with Gasteiger partial charge in [0.1, 0.15) is 10.7 Å². The minimum Gasteiger partial charge on any atom is -0.335 e. The van der Waals surface area contributed by atoms with E-state index in [9.17, 15) is 26.0 Å². The molecule has 1 heterocycles. The number of primary sulfonamides is 1. The number of nitrogens with zero attached hydrogens (tertiary/aromatic N) is 2. The van der Waals surface area contributed by atoms with Crippen LogP contribution in [-0.4, -0.2) is 52.1 Å². The zero-order valence-electron chi connectivity index (χ0n) is 17.9. The highest BCUT2D eigenvalue weighted by Gasteiger charge is 2.30. The molecule has 0 aliphatic carbocycles. The summed E-state index contributed by atoms with van der Waals surface area (Å²) in [5.41, 5.74) is 0.537. The maximum absolute atomic E-state index is 14.5. The van der Waals surface area contributed by atoms with Crippen molar-refractivity contribution in [3.63, 3.8) is 0 Å². The molecule has 0 spiro atoms. The molecule has 1 saturated heterocycles. The molecule has 2 aromatic rings.